The molecule has 0 radical (unpaired) electrons. The fourth-order valence-corrected chi connectivity index (χ4v) is 3.25. The molecule has 2 atom stereocenters. The summed E-state index contributed by atoms with van der Waals surface area (Å²) in [5.74, 6) is 1.15. The van der Waals surface area contributed by atoms with Gasteiger partial charge in [0.15, 0.2) is 0 Å². The average Bonchev–Trinajstić information content (AvgIpc) is 2.99. The number of likely N-dealkylation sites (tertiary alicyclic amines) is 1. The van der Waals surface area contributed by atoms with Crippen molar-refractivity contribution in [3.8, 4) is 5.75 Å². The Bertz CT molecular complexity index is 626. The quantitative estimate of drug-likeness (QED) is 0.794. The maximum absolute atomic E-state index is 11.5. The molecule has 0 bridgehead atoms. The number of methoxy groups -OCH3 is 1. The van der Waals surface area contributed by atoms with Crippen molar-refractivity contribution in [1.29, 1.82) is 0 Å². The van der Waals surface area contributed by atoms with Crippen LogP contribution >= 0.6 is 0 Å². The van der Waals surface area contributed by atoms with Crippen LogP contribution in [0.1, 0.15) is 17.0 Å². The Balaban J connectivity index is 1.75. The molecule has 0 amide bonds. The third-order valence-corrected chi connectivity index (χ3v) is 4.39. The second-order valence-corrected chi connectivity index (χ2v) is 5.86. The van der Waals surface area contributed by atoms with E-state index in [9.17, 15) is 4.79 Å². The van der Waals surface area contributed by atoms with Crippen molar-refractivity contribution in [1.82, 2.24) is 4.90 Å². The third-order valence-electron chi connectivity index (χ3n) is 4.39. The number of ether oxygens (including phenoxy) is 1. The number of aldehydes is 1. The van der Waals surface area contributed by atoms with Crippen LogP contribution in [0.5, 0.6) is 5.75 Å². The molecule has 3 heteroatoms. The summed E-state index contributed by atoms with van der Waals surface area (Å²) in [4.78, 5) is 13.8. The molecule has 0 spiro atoms. The predicted molar refractivity (Wildman–Crippen MR) is 87.0 cm³/mol. The van der Waals surface area contributed by atoms with Crippen LogP contribution < -0.4 is 4.74 Å². The van der Waals surface area contributed by atoms with Crippen LogP contribution in [0.15, 0.2) is 54.6 Å². The van der Waals surface area contributed by atoms with E-state index in [2.05, 4.69) is 35.2 Å². The summed E-state index contributed by atoms with van der Waals surface area (Å²) >= 11 is 0. The van der Waals surface area contributed by atoms with Crippen LogP contribution in [0, 0.1) is 5.92 Å². The first-order valence-corrected chi connectivity index (χ1v) is 7.65. The molecule has 2 aromatic rings. The molecule has 0 saturated carbocycles. The monoisotopic (exact) mass is 295 g/mol. The zero-order chi connectivity index (χ0) is 15.4. The number of nitrogens with zero attached hydrogens (tertiary/aromatic N) is 1. The van der Waals surface area contributed by atoms with Gasteiger partial charge in [0.05, 0.1) is 7.11 Å². The van der Waals surface area contributed by atoms with Crippen LogP contribution in [-0.4, -0.2) is 31.4 Å². The van der Waals surface area contributed by atoms with Gasteiger partial charge in [0.1, 0.15) is 12.0 Å². The van der Waals surface area contributed by atoms with Gasteiger partial charge in [-0.15, -0.1) is 0 Å². The first kappa shape index (κ1) is 14.8. The number of benzene rings is 2. The normalized spacial score (nSPS) is 21.7. The number of rotatable bonds is 5. The molecule has 0 aliphatic carbocycles. The van der Waals surface area contributed by atoms with Gasteiger partial charge in [-0.3, -0.25) is 4.90 Å². The van der Waals surface area contributed by atoms with Crippen LogP contribution in [0.25, 0.3) is 0 Å². The highest BCUT2D eigenvalue weighted by molar-refractivity contribution is 5.57. The molecule has 0 N–H and O–H groups in total. The van der Waals surface area contributed by atoms with Crippen molar-refractivity contribution in [2.24, 2.45) is 5.92 Å². The second-order valence-electron chi connectivity index (χ2n) is 5.86. The van der Waals surface area contributed by atoms with Gasteiger partial charge >= 0.3 is 0 Å². The molecule has 22 heavy (non-hydrogen) atoms. The van der Waals surface area contributed by atoms with E-state index in [1.54, 1.807) is 7.11 Å². The lowest BCUT2D eigenvalue weighted by atomic mass is 9.90. The van der Waals surface area contributed by atoms with E-state index in [1.165, 1.54) is 11.1 Å². The van der Waals surface area contributed by atoms with Crippen LogP contribution in [-0.2, 0) is 11.3 Å². The lowest BCUT2D eigenvalue weighted by Gasteiger charge is -2.16. The Kier molecular flexibility index (Phi) is 4.54. The molecule has 2 aromatic carbocycles. The lowest BCUT2D eigenvalue weighted by molar-refractivity contribution is -0.111. The molecule has 1 unspecified atom stereocenters. The van der Waals surface area contributed by atoms with Crippen molar-refractivity contribution in [2.75, 3.05) is 20.2 Å². The molecule has 1 fully saturated rings. The molecule has 3 rings (SSSR count). The van der Waals surface area contributed by atoms with Crippen molar-refractivity contribution in [2.45, 2.75) is 12.5 Å². The maximum atomic E-state index is 11.5. The van der Waals surface area contributed by atoms with Crippen molar-refractivity contribution in [3.05, 3.63) is 65.7 Å². The minimum Gasteiger partial charge on any atom is -0.497 e. The van der Waals surface area contributed by atoms with E-state index in [1.807, 2.05) is 24.3 Å². The van der Waals surface area contributed by atoms with Gasteiger partial charge in [-0.05, 0) is 23.3 Å². The SMILES string of the molecule is COc1cccc(C2CN(Cc3ccccc3)C[C@H]2C=O)c1. The number of hydrogen-bond acceptors (Lipinski definition) is 3. The smallest absolute Gasteiger partial charge is 0.125 e. The summed E-state index contributed by atoms with van der Waals surface area (Å²) in [6, 6.07) is 18.5. The predicted octanol–water partition coefficient (Wildman–Crippen LogP) is 3.11. The summed E-state index contributed by atoms with van der Waals surface area (Å²) in [6.07, 6.45) is 1.11. The van der Waals surface area contributed by atoms with Gasteiger partial charge in [-0.25, -0.2) is 0 Å². The Hall–Kier alpha value is -2.13. The highest BCUT2D eigenvalue weighted by Gasteiger charge is 2.33. The number of carbonyl (C=O) groups is 1. The van der Waals surface area contributed by atoms with E-state index in [-0.39, 0.29) is 11.8 Å². The minimum absolute atomic E-state index is 0.0517. The van der Waals surface area contributed by atoms with Crippen LogP contribution in [0.2, 0.25) is 0 Å². The van der Waals surface area contributed by atoms with Gasteiger partial charge in [0, 0.05) is 31.5 Å². The fraction of sp³-hybridized carbons (Fsp3) is 0.316. The van der Waals surface area contributed by atoms with Crippen molar-refractivity contribution >= 4 is 6.29 Å². The van der Waals surface area contributed by atoms with Crippen LogP contribution in [0.4, 0.5) is 0 Å². The van der Waals surface area contributed by atoms with Gasteiger partial charge < -0.3 is 9.53 Å². The summed E-state index contributed by atoms with van der Waals surface area (Å²) in [5, 5.41) is 0. The van der Waals surface area contributed by atoms with Gasteiger partial charge in [0.2, 0.25) is 0 Å². The summed E-state index contributed by atoms with van der Waals surface area (Å²) in [5.41, 5.74) is 2.48. The molecule has 1 aliphatic rings. The van der Waals surface area contributed by atoms with Gasteiger partial charge in [0.25, 0.3) is 0 Å². The first-order chi connectivity index (χ1) is 10.8. The number of carbonyl (C=O) groups excluding carboxylic acids is 1. The maximum Gasteiger partial charge on any atom is 0.125 e. The van der Waals surface area contributed by atoms with E-state index in [0.29, 0.717) is 0 Å². The van der Waals surface area contributed by atoms with E-state index >= 15 is 0 Å². The Morgan fingerprint density at radius 2 is 1.95 bits per heavy atom. The summed E-state index contributed by atoms with van der Waals surface area (Å²) in [6.45, 7) is 2.62. The molecule has 1 aliphatic heterocycles. The molecule has 1 saturated heterocycles. The van der Waals surface area contributed by atoms with E-state index in [0.717, 1.165) is 31.7 Å². The van der Waals surface area contributed by atoms with Gasteiger partial charge in [-0.2, -0.15) is 0 Å². The summed E-state index contributed by atoms with van der Waals surface area (Å²) < 4.78 is 5.30. The minimum atomic E-state index is 0.0517. The summed E-state index contributed by atoms with van der Waals surface area (Å²) in [7, 11) is 1.67. The standard InChI is InChI=1S/C19H21NO2/c1-22-18-9-5-8-16(10-18)19-13-20(12-17(19)14-21)11-15-6-3-2-4-7-15/h2-10,14,17,19H,11-13H2,1H3/t17-,19?/m0/s1. The zero-order valence-corrected chi connectivity index (χ0v) is 12.8. The Morgan fingerprint density at radius 3 is 2.68 bits per heavy atom. The number of hydrogen-bond donors (Lipinski definition) is 0. The Labute approximate surface area is 131 Å². The molecule has 3 nitrogen and oxygen atoms in total. The molecule has 0 aromatic heterocycles. The molecular formula is C19H21NO2. The van der Waals surface area contributed by atoms with Crippen molar-refractivity contribution in [3.63, 3.8) is 0 Å². The third kappa shape index (κ3) is 3.20. The molecular weight excluding hydrogens is 274 g/mol. The topological polar surface area (TPSA) is 29.5 Å². The largest absolute Gasteiger partial charge is 0.497 e. The first-order valence-electron chi connectivity index (χ1n) is 7.65. The average molecular weight is 295 g/mol. The molecule has 114 valence electrons. The van der Waals surface area contributed by atoms with Gasteiger partial charge in [-0.1, -0.05) is 42.5 Å². The van der Waals surface area contributed by atoms with E-state index < -0.39 is 0 Å². The molecule has 1 heterocycles. The van der Waals surface area contributed by atoms with Crippen molar-refractivity contribution < 1.29 is 9.53 Å². The fourth-order valence-electron chi connectivity index (χ4n) is 3.25. The highest BCUT2D eigenvalue weighted by Crippen LogP contribution is 2.33. The zero-order valence-electron chi connectivity index (χ0n) is 12.8. The second kappa shape index (κ2) is 6.75. The Morgan fingerprint density at radius 1 is 1.14 bits per heavy atom. The van der Waals surface area contributed by atoms with Crippen LogP contribution in [0.3, 0.4) is 0 Å². The highest BCUT2D eigenvalue weighted by atomic mass is 16.5. The van der Waals surface area contributed by atoms with E-state index in [4.69, 9.17) is 4.74 Å². The lowest BCUT2D eigenvalue weighted by Crippen LogP contribution is -2.20.